The van der Waals surface area contributed by atoms with Crippen LogP contribution in [0.15, 0.2) is 60.7 Å². The topological polar surface area (TPSA) is 26.3 Å². The first-order valence-electron chi connectivity index (χ1n) is 6.88. The molecule has 0 saturated carbocycles. The van der Waals surface area contributed by atoms with Crippen LogP contribution >= 0.6 is 0 Å². The Labute approximate surface area is 124 Å². The third-order valence-electron chi connectivity index (χ3n) is 3.69. The third kappa shape index (κ3) is 2.40. The van der Waals surface area contributed by atoms with Gasteiger partial charge in [-0.2, -0.15) is 0 Å². The molecule has 3 aromatic carbocycles. The Bertz CT molecular complexity index is 801. The fourth-order valence-corrected chi connectivity index (χ4v) is 2.59. The van der Waals surface area contributed by atoms with Crippen LogP contribution < -0.4 is 4.74 Å². The fraction of sp³-hybridized carbons (Fsp3) is 0.105. The summed E-state index contributed by atoms with van der Waals surface area (Å²) in [5.41, 5.74) is 2.83. The molecule has 0 radical (unpaired) electrons. The molecule has 2 nitrogen and oxygen atoms in total. The van der Waals surface area contributed by atoms with E-state index in [0.717, 1.165) is 27.8 Å². The van der Waals surface area contributed by atoms with E-state index in [1.54, 1.807) is 14.0 Å². The molecular formula is C19H16O2. The highest BCUT2D eigenvalue weighted by molar-refractivity contribution is 6.00. The lowest BCUT2D eigenvalue weighted by molar-refractivity contribution is 0.101. The normalized spacial score (nSPS) is 10.6. The van der Waals surface area contributed by atoms with Crippen molar-refractivity contribution >= 4 is 16.6 Å². The van der Waals surface area contributed by atoms with Crippen LogP contribution in [0.2, 0.25) is 0 Å². The predicted molar refractivity (Wildman–Crippen MR) is 85.9 cm³/mol. The Morgan fingerprint density at radius 3 is 2.29 bits per heavy atom. The minimum atomic E-state index is 0.0754. The number of Topliss-reactive ketones (excluding diaryl/α,β-unsaturated/α-hetero) is 1. The number of rotatable bonds is 3. The molecule has 0 heterocycles. The van der Waals surface area contributed by atoms with Crippen LogP contribution in [0.1, 0.15) is 17.3 Å². The highest BCUT2D eigenvalue weighted by Gasteiger charge is 2.11. The summed E-state index contributed by atoms with van der Waals surface area (Å²) in [7, 11) is 1.68. The van der Waals surface area contributed by atoms with Crippen molar-refractivity contribution in [2.24, 2.45) is 0 Å². The summed E-state index contributed by atoms with van der Waals surface area (Å²) < 4.78 is 5.52. The van der Waals surface area contributed by atoms with Gasteiger partial charge in [0.05, 0.1) is 7.11 Å². The zero-order valence-corrected chi connectivity index (χ0v) is 12.1. The van der Waals surface area contributed by atoms with Gasteiger partial charge in [-0.05, 0) is 29.3 Å². The average Bonchev–Trinajstić information content (AvgIpc) is 2.53. The van der Waals surface area contributed by atoms with Crippen LogP contribution in [-0.4, -0.2) is 12.9 Å². The number of benzene rings is 3. The molecule has 0 N–H and O–H groups in total. The summed E-state index contributed by atoms with van der Waals surface area (Å²) in [5.74, 6) is 0.913. The highest BCUT2D eigenvalue weighted by atomic mass is 16.5. The molecule has 0 aliphatic rings. The second-order valence-electron chi connectivity index (χ2n) is 5.00. The summed E-state index contributed by atoms with van der Waals surface area (Å²) in [4.78, 5) is 11.4. The van der Waals surface area contributed by atoms with Gasteiger partial charge in [0.1, 0.15) is 5.75 Å². The second-order valence-corrected chi connectivity index (χ2v) is 5.00. The number of carbonyl (C=O) groups excluding carboxylic acids is 1. The van der Waals surface area contributed by atoms with E-state index in [2.05, 4.69) is 18.2 Å². The molecule has 0 bridgehead atoms. The van der Waals surface area contributed by atoms with E-state index in [4.69, 9.17) is 4.74 Å². The molecule has 104 valence electrons. The maximum Gasteiger partial charge on any atom is 0.159 e. The number of methoxy groups -OCH3 is 1. The minimum absolute atomic E-state index is 0.0754. The van der Waals surface area contributed by atoms with E-state index in [0.29, 0.717) is 0 Å². The summed E-state index contributed by atoms with van der Waals surface area (Å²) in [6.07, 6.45) is 0. The first kappa shape index (κ1) is 13.4. The maximum atomic E-state index is 11.4. The van der Waals surface area contributed by atoms with Crippen LogP contribution in [0.4, 0.5) is 0 Å². The van der Waals surface area contributed by atoms with Gasteiger partial charge in [-0.1, -0.05) is 54.6 Å². The molecule has 0 aromatic heterocycles. The SMILES string of the molecule is COc1ccc2ccccc2c1-c1ccc(C(C)=O)cc1. The Hall–Kier alpha value is -2.61. The van der Waals surface area contributed by atoms with E-state index in [1.165, 1.54) is 5.39 Å². The van der Waals surface area contributed by atoms with Gasteiger partial charge in [0.2, 0.25) is 0 Å². The standard InChI is InChI=1S/C19H16O2/c1-13(20)14-7-9-16(10-8-14)19-17-6-4-3-5-15(17)11-12-18(19)21-2/h3-12H,1-2H3. The zero-order valence-electron chi connectivity index (χ0n) is 12.1. The molecule has 0 fully saturated rings. The molecule has 2 heteroatoms. The number of carbonyl (C=O) groups is 1. The average molecular weight is 276 g/mol. The number of ketones is 1. The molecule has 21 heavy (non-hydrogen) atoms. The van der Waals surface area contributed by atoms with Gasteiger partial charge < -0.3 is 4.74 Å². The van der Waals surface area contributed by atoms with E-state index in [1.807, 2.05) is 42.5 Å². The van der Waals surface area contributed by atoms with Gasteiger partial charge in [0.25, 0.3) is 0 Å². The van der Waals surface area contributed by atoms with Crippen molar-refractivity contribution in [2.75, 3.05) is 7.11 Å². The Morgan fingerprint density at radius 1 is 0.905 bits per heavy atom. The van der Waals surface area contributed by atoms with Crippen LogP contribution in [0.25, 0.3) is 21.9 Å². The molecule has 0 unspecified atom stereocenters. The summed E-state index contributed by atoms with van der Waals surface area (Å²) in [6, 6.07) is 19.9. The predicted octanol–water partition coefficient (Wildman–Crippen LogP) is 4.72. The Balaban J connectivity index is 2.24. The van der Waals surface area contributed by atoms with Gasteiger partial charge in [0.15, 0.2) is 5.78 Å². The van der Waals surface area contributed by atoms with Crippen LogP contribution in [0.3, 0.4) is 0 Å². The molecular weight excluding hydrogens is 260 g/mol. The van der Waals surface area contributed by atoms with Crippen molar-refractivity contribution < 1.29 is 9.53 Å². The molecule has 0 atom stereocenters. The molecule has 0 aliphatic heterocycles. The molecule has 3 aromatic rings. The minimum Gasteiger partial charge on any atom is -0.496 e. The van der Waals surface area contributed by atoms with Crippen LogP contribution in [-0.2, 0) is 0 Å². The van der Waals surface area contributed by atoms with E-state index in [9.17, 15) is 4.79 Å². The van der Waals surface area contributed by atoms with Gasteiger partial charge in [-0.3, -0.25) is 4.79 Å². The van der Waals surface area contributed by atoms with E-state index >= 15 is 0 Å². The van der Waals surface area contributed by atoms with Crippen molar-refractivity contribution in [3.63, 3.8) is 0 Å². The lowest BCUT2D eigenvalue weighted by atomic mass is 9.96. The van der Waals surface area contributed by atoms with Gasteiger partial charge in [-0.25, -0.2) is 0 Å². The summed E-state index contributed by atoms with van der Waals surface area (Å²) >= 11 is 0. The van der Waals surface area contributed by atoms with E-state index < -0.39 is 0 Å². The molecule has 3 rings (SSSR count). The van der Waals surface area contributed by atoms with Crippen LogP contribution in [0, 0.1) is 0 Å². The van der Waals surface area contributed by atoms with Gasteiger partial charge >= 0.3 is 0 Å². The fourth-order valence-electron chi connectivity index (χ4n) is 2.59. The summed E-state index contributed by atoms with van der Waals surface area (Å²) in [5, 5.41) is 2.32. The largest absolute Gasteiger partial charge is 0.496 e. The Kier molecular flexibility index (Phi) is 3.44. The monoisotopic (exact) mass is 276 g/mol. The number of ether oxygens (including phenoxy) is 1. The number of fused-ring (bicyclic) bond motifs is 1. The number of hydrogen-bond acceptors (Lipinski definition) is 2. The molecule has 0 amide bonds. The first-order valence-corrected chi connectivity index (χ1v) is 6.88. The quantitative estimate of drug-likeness (QED) is 0.647. The lowest BCUT2D eigenvalue weighted by Crippen LogP contribution is -1.93. The Morgan fingerprint density at radius 2 is 1.62 bits per heavy atom. The van der Waals surface area contributed by atoms with Crippen molar-refractivity contribution in [1.82, 2.24) is 0 Å². The first-order chi connectivity index (χ1) is 10.2. The smallest absolute Gasteiger partial charge is 0.159 e. The van der Waals surface area contributed by atoms with E-state index in [-0.39, 0.29) is 5.78 Å². The maximum absolute atomic E-state index is 11.4. The lowest BCUT2D eigenvalue weighted by Gasteiger charge is -2.12. The highest BCUT2D eigenvalue weighted by Crippen LogP contribution is 2.36. The third-order valence-corrected chi connectivity index (χ3v) is 3.69. The molecule has 0 aliphatic carbocycles. The van der Waals surface area contributed by atoms with Crippen molar-refractivity contribution in [1.29, 1.82) is 0 Å². The second kappa shape index (κ2) is 5.41. The van der Waals surface area contributed by atoms with Gasteiger partial charge in [-0.15, -0.1) is 0 Å². The van der Waals surface area contributed by atoms with Gasteiger partial charge in [0, 0.05) is 11.1 Å². The molecule has 0 spiro atoms. The zero-order chi connectivity index (χ0) is 14.8. The van der Waals surface area contributed by atoms with Crippen molar-refractivity contribution in [3.8, 4) is 16.9 Å². The van der Waals surface area contributed by atoms with Crippen molar-refractivity contribution in [3.05, 3.63) is 66.2 Å². The summed E-state index contributed by atoms with van der Waals surface area (Å²) in [6.45, 7) is 1.58. The van der Waals surface area contributed by atoms with Crippen molar-refractivity contribution in [2.45, 2.75) is 6.92 Å². The van der Waals surface area contributed by atoms with Crippen LogP contribution in [0.5, 0.6) is 5.75 Å². The number of hydrogen-bond donors (Lipinski definition) is 0. The molecule has 0 saturated heterocycles.